The first-order chi connectivity index (χ1) is 27.5. The van der Waals surface area contributed by atoms with Gasteiger partial charge in [-0.1, -0.05) is 121 Å². The van der Waals surface area contributed by atoms with Crippen LogP contribution in [-0.4, -0.2) is 48.8 Å². The lowest BCUT2D eigenvalue weighted by molar-refractivity contribution is 0.318. The molecular weight excluding hydrogens is 736 g/mol. The van der Waals surface area contributed by atoms with Crippen LogP contribution in [0.25, 0.3) is 0 Å². The second kappa shape index (κ2) is 21.1. The summed E-state index contributed by atoms with van der Waals surface area (Å²) in [7, 11) is 0. The second-order valence-electron chi connectivity index (χ2n) is 16.8. The van der Waals surface area contributed by atoms with Crippen LogP contribution >= 0.6 is 6.49 Å². The van der Waals surface area contributed by atoms with Gasteiger partial charge in [-0.15, -0.1) is 0 Å². The highest BCUT2D eigenvalue weighted by atomic mass is 32.5. The van der Waals surface area contributed by atoms with Gasteiger partial charge in [0.15, 0.2) is 0 Å². The first kappa shape index (κ1) is 41.9. The van der Waals surface area contributed by atoms with E-state index in [4.69, 9.17) is 39.8 Å². The van der Waals surface area contributed by atoms with E-state index in [0.717, 1.165) is 42.5 Å². The Morgan fingerprint density at radius 3 is 1.32 bits per heavy atom. The Hall–Kier alpha value is -2.25. The average molecular weight is 803 g/mol. The van der Waals surface area contributed by atoms with Crippen molar-refractivity contribution in [2.75, 3.05) is 0 Å². The summed E-state index contributed by atoms with van der Waals surface area (Å²) < 4.78 is 36.8. The molecule has 4 aliphatic heterocycles. The van der Waals surface area contributed by atoms with Gasteiger partial charge in [0.1, 0.15) is 11.5 Å². The van der Waals surface area contributed by atoms with Crippen LogP contribution in [0.1, 0.15) is 141 Å². The molecule has 4 fully saturated rings. The van der Waals surface area contributed by atoms with Gasteiger partial charge in [-0.2, -0.15) is 0 Å². The highest BCUT2D eigenvalue weighted by Crippen LogP contribution is 2.48. The number of aryl methyl sites for hydroxylation is 2. The number of hydrogen-bond acceptors (Lipinski definition) is 7. The minimum Gasteiger partial charge on any atom is -0.432 e. The second-order valence-corrected chi connectivity index (χ2v) is 20.1. The molecule has 8 atom stereocenters. The third kappa shape index (κ3) is 13.4. The van der Waals surface area contributed by atoms with Crippen LogP contribution in [0.2, 0.25) is 0 Å². The van der Waals surface area contributed by atoms with Crippen LogP contribution in [0.15, 0.2) is 78.9 Å². The van der Waals surface area contributed by atoms with E-state index in [1.165, 1.54) is 114 Å². The molecule has 3 aromatic carbocycles. The van der Waals surface area contributed by atoms with Gasteiger partial charge in [0.05, 0.1) is 54.1 Å². The Morgan fingerprint density at radius 1 is 0.464 bits per heavy atom. The molecule has 0 N–H and O–H groups in total. The lowest BCUT2D eigenvalue weighted by Crippen LogP contribution is -2.14. The Kier molecular flexibility index (Phi) is 15.8. The predicted molar refractivity (Wildman–Crippen MR) is 231 cm³/mol. The highest BCUT2D eigenvalue weighted by molar-refractivity contribution is 8.13. The molecule has 7 rings (SSSR count). The van der Waals surface area contributed by atoms with Crippen molar-refractivity contribution >= 4 is 23.6 Å². The Bertz CT molecular complexity index is 1570. The molecule has 3 aromatic rings. The standard InChI is InChI=1S/C48H67O6PS/c1-3-20-41-45(49-41)34-47-43(51-47)30-16-9-5-7-12-22-36-24-18-26-38(32-36)53-55(56,40-28-14-11-15-29-40)54-39-27-19-25-37(33-39)23-13-8-6-10-17-31-44-48(52-44)35-46-42(50-46)21-4-2/h11,14-15,18-19,24-29,32-33,41-48H,3-10,12-13,16-17,20-23,30-31,34-35H2,1-2H3. The molecule has 4 heterocycles. The summed E-state index contributed by atoms with van der Waals surface area (Å²) in [6.07, 6.45) is 27.7. The van der Waals surface area contributed by atoms with E-state index in [1.807, 2.05) is 42.5 Å². The quantitative estimate of drug-likeness (QED) is 0.0393. The van der Waals surface area contributed by atoms with Crippen molar-refractivity contribution in [3.05, 3.63) is 90.0 Å². The van der Waals surface area contributed by atoms with Gasteiger partial charge in [-0.3, -0.25) is 0 Å². The summed E-state index contributed by atoms with van der Waals surface area (Å²) in [4.78, 5) is 0. The summed E-state index contributed by atoms with van der Waals surface area (Å²) in [6.45, 7) is 1.58. The SMILES string of the molecule is CCCC1OC1CC1OC1CCCCCCCc1cccc(OP(=S)(Oc2cccc(CCCCCCCC3OC3CC3OC3CCC)c2)c2ccccc2)c1. The third-order valence-corrected chi connectivity index (χ3v) is 15.0. The molecular formula is C48H67O6PS. The van der Waals surface area contributed by atoms with Gasteiger partial charge in [-0.05, 0) is 111 Å². The van der Waals surface area contributed by atoms with E-state index < -0.39 is 6.49 Å². The maximum Gasteiger partial charge on any atom is 0.319 e. The maximum atomic E-state index is 6.68. The molecule has 8 heteroatoms. The van der Waals surface area contributed by atoms with Crippen molar-refractivity contribution < 1.29 is 28.0 Å². The summed E-state index contributed by atoms with van der Waals surface area (Å²) >= 11 is 6.29. The van der Waals surface area contributed by atoms with Crippen molar-refractivity contribution in [2.45, 2.75) is 191 Å². The number of ether oxygens (including phenoxy) is 4. The monoisotopic (exact) mass is 802 g/mol. The normalized spacial score (nSPS) is 27.0. The Morgan fingerprint density at radius 2 is 0.875 bits per heavy atom. The summed E-state index contributed by atoms with van der Waals surface area (Å²) in [5, 5.41) is 0.916. The molecule has 4 saturated heterocycles. The van der Waals surface area contributed by atoms with Gasteiger partial charge in [0.25, 0.3) is 0 Å². The fourth-order valence-electron chi connectivity index (χ4n) is 8.53. The number of unbranched alkanes of at least 4 members (excludes halogenated alkanes) is 8. The van der Waals surface area contributed by atoms with E-state index in [1.54, 1.807) is 0 Å². The van der Waals surface area contributed by atoms with Gasteiger partial charge in [-0.25, -0.2) is 0 Å². The molecule has 4 aliphatic rings. The highest BCUT2D eigenvalue weighted by Gasteiger charge is 2.48. The first-order valence-corrected chi connectivity index (χ1v) is 25.0. The predicted octanol–water partition coefficient (Wildman–Crippen LogP) is 12.0. The van der Waals surface area contributed by atoms with Crippen molar-refractivity contribution in [1.29, 1.82) is 0 Å². The summed E-state index contributed by atoms with van der Waals surface area (Å²) in [6, 6.07) is 27.0. The molecule has 0 saturated carbocycles. The molecule has 0 aromatic heterocycles. The van der Waals surface area contributed by atoms with E-state index in [0.29, 0.717) is 48.8 Å². The van der Waals surface area contributed by atoms with Crippen LogP contribution in [0.3, 0.4) is 0 Å². The van der Waals surface area contributed by atoms with Gasteiger partial charge in [0.2, 0.25) is 0 Å². The molecule has 56 heavy (non-hydrogen) atoms. The van der Waals surface area contributed by atoms with Gasteiger partial charge >= 0.3 is 6.49 Å². The van der Waals surface area contributed by atoms with Crippen molar-refractivity contribution in [2.24, 2.45) is 0 Å². The molecule has 8 unspecified atom stereocenters. The number of rotatable bonds is 29. The Balaban J connectivity index is 0.793. The lowest BCUT2D eigenvalue weighted by Gasteiger charge is -2.24. The minimum absolute atomic E-state index is 0.453. The van der Waals surface area contributed by atoms with Crippen molar-refractivity contribution in [3.63, 3.8) is 0 Å². The molecule has 0 amide bonds. The molecule has 0 radical (unpaired) electrons. The fraction of sp³-hybridized carbons (Fsp3) is 0.625. The van der Waals surface area contributed by atoms with Crippen molar-refractivity contribution in [1.82, 2.24) is 0 Å². The van der Waals surface area contributed by atoms with Gasteiger partial charge in [0, 0.05) is 12.8 Å². The molecule has 6 nitrogen and oxygen atoms in total. The largest absolute Gasteiger partial charge is 0.432 e. The van der Waals surface area contributed by atoms with Crippen LogP contribution in [-0.2, 0) is 43.6 Å². The molecule has 306 valence electrons. The van der Waals surface area contributed by atoms with Crippen molar-refractivity contribution in [3.8, 4) is 11.5 Å². The zero-order chi connectivity index (χ0) is 38.6. The number of hydrogen-bond donors (Lipinski definition) is 0. The topological polar surface area (TPSA) is 68.6 Å². The van der Waals surface area contributed by atoms with Crippen LogP contribution in [0.5, 0.6) is 11.5 Å². The maximum absolute atomic E-state index is 6.68. The fourth-order valence-corrected chi connectivity index (χ4v) is 11.0. The summed E-state index contributed by atoms with van der Waals surface area (Å²) in [5.74, 6) is 1.56. The molecule has 0 bridgehead atoms. The van der Waals surface area contributed by atoms with E-state index in [-0.39, 0.29) is 0 Å². The van der Waals surface area contributed by atoms with E-state index in [9.17, 15) is 0 Å². The van der Waals surface area contributed by atoms with Crippen LogP contribution in [0, 0.1) is 0 Å². The zero-order valence-electron chi connectivity index (χ0n) is 34.1. The van der Waals surface area contributed by atoms with E-state index >= 15 is 0 Å². The Labute approximate surface area is 342 Å². The smallest absolute Gasteiger partial charge is 0.319 e. The van der Waals surface area contributed by atoms with Gasteiger partial charge < -0.3 is 28.0 Å². The zero-order valence-corrected chi connectivity index (χ0v) is 35.8. The number of benzene rings is 3. The van der Waals surface area contributed by atoms with Crippen LogP contribution < -0.4 is 14.4 Å². The lowest BCUT2D eigenvalue weighted by atomic mass is 10.0. The third-order valence-electron chi connectivity index (χ3n) is 12.1. The number of epoxide rings is 4. The minimum atomic E-state index is -2.88. The van der Waals surface area contributed by atoms with E-state index in [2.05, 4.69) is 50.2 Å². The molecule has 0 aliphatic carbocycles. The molecule has 0 spiro atoms. The average Bonchev–Trinajstić information content (AvgIpc) is 4.04. The summed E-state index contributed by atoms with van der Waals surface area (Å²) in [5.41, 5.74) is 2.57. The first-order valence-electron chi connectivity index (χ1n) is 22.3. The van der Waals surface area contributed by atoms with Crippen LogP contribution in [0.4, 0.5) is 0 Å².